The first-order valence-electron chi connectivity index (χ1n) is 5.59. The van der Waals surface area contributed by atoms with Gasteiger partial charge in [-0.15, -0.1) is 5.10 Å². The van der Waals surface area contributed by atoms with Crippen LogP contribution >= 0.6 is 11.6 Å². The van der Waals surface area contributed by atoms with E-state index in [4.69, 9.17) is 17.3 Å². The standard InChI is InChI=1S/C11H12ClN5O2/c1-7-4-11(17(18)19)9(12)5-10(7)16-6-8(2-3-13)14-15-16/h4-6H,2-3,13H2,1H3. The lowest BCUT2D eigenvalue weighted by Crippen LogP contribution is -2.02. The predicted octanol–water partition coefficient (Wildman–Crippen LogP) is 1.64. The van der Waals surface area contributed by atoms with Crippen LogP contribution in [0.25, 0.3) is 5.69 Å². The molecule has 0 saturated carbocycles. The Balaban J connectivity index is 2.44. The molecule has 0 amide bonds. The van der Waals surface area contributed by atoms with Gasteiger partial charge in [-0.05, 0) is 25.1 Å². The van der Waals surface area contributed by atoms with Crippen LogP contribution in [0.5, 0.6) is 0 Å². The number of aryl methyl sites for hydroxylation is 1. The third-order valence-corrected chi connectivity index (χ3v) is 2.95. The molecular weight excluding hydrogens is 270 g/mol. The monoisotopic (exact) mass is 281 g/mol. The molecule has 1 heterocycles. The molecule has 1 aromatic carbocycles. The van der Waals surface area contributed by atoms with Crippen LogP contribution in [0.4, 0.5) is 5.69 Å². The van der Waals surface area contributed by atoms with Gasteiger partial charge in [0.1, 0.15) is 5.02 Å². The van der Waals surface area contributed by atoms with Gasteiger partial charge >= 0.3 is 0 Å². The zero-order valence-corrected chi connectivity index (χ0v) is 11.0. The van der Waals surface area contributed by atoms with Crippen molar-refractivity contribution in [2.24, 2.45) is 5.73 Å². The minimum atomic E-state index is -0.514. The lowest BCUT2D eigenvalue weighted by molar-refractivity contribution is -0.384. The summed E-state index contributed by atoms with van der Waals surface area (Å²) in [5.74, 6) is 0. The van der Waals surface area contributed by atoms with E-state index in [-0.39, 0.29) is 10.7 Å². The van der Waals surface area contributed by atoms with Gasteiger partial charge in [0, 0.05) is 12.5 Å². The van der Waals surface area contributed by atoms with Gasteiger partial charge in [-0.3, -0.25) is 10.1 Å². The molecule has 0 bridgehead atoms. The molecule has 100 valence electrons. The number of rotatable bonds is 4. The zero-order chi connectivity index (χ0) is 14.0. The van der Waals surface area contributed by atoms with Crippen LogP contribution in [-0.2, 0) is 6.42 Å². The summed E-state index contributed by atoms with van der Waals surface area (Å²) in [6.45, 7) is 2.24. The number of nitro groups is 1. The van der Waals surface area contributed by atoms with Crippen molar-refractivity contribution in [2.45, 2.75) is 13.3 Å². The Morgan fingerprint density at radius 2 is 2.26 bits per heavy atom. The maximum atomic E-state index is 10.8. The molecule has 7 nitrogen and oxygen atoms in total. The third-order valence-electron chi connectivity index (χ3n) is 2.65. The van der Waals surface area contributed by atoms with Crippen molar-refractivity contribution in [3.05, 3.63) is 44.7 Å². The summed E-state index contributed by atoms with van der Waals surface area (Å²) in [7, 11) is 0. The lowest BCUT2D eigenvalue weighted by atomic mass is 10.2. The van der Waals surface area contributed by atoms with Crippen molar-refractivity contribution in [2.75, 3.05) is 6.54 Å². The maximum Gasteiger partial charge on any atom is 0.288 e. The Labute approximate surface area is 114 Å². The van der Waals surface area contributed by atoms with Crippen LogP contribution in [0.1, 0.15) is 11.3 Å². The van der Waals surface area contributed by atoms with Gasteiger partial charge in [0.25, 0.3) is 5.69 Å². The SMILES string of the molecule is Cc1cc([N+](=O)[O-])c(Cl)cc1-n1cc(CCN)nn1. The number of nitrogens with zero attached hydrogens (tertiary/aromatic N) is 4. The fourth-order valence-corrected chi connectivity index (χ4v) is 1.95. The fraction of sp³-hybridized carbons (Fsp3) is 0.273. The van der Waals surface area contributed by atoms with Crippen molar-refractivity contribution < 1.29 is 4.92 Å². The van der Waals surface area contributed by atoms with Crippen LogP contribution in [0.2, 0.25) is 5.02 Å². The highest BCUT2D eigenvalue weighted by molar-refractivity contribution is 6.32. The highest BCUT2D eigenvalue weighted by Crippen LogP contribution is 2.29. The van der Waals surface area contributed by atoms with E-state index in [1.165, 1.54) is 16.8 Å². The highest BCUT2D eigenvalue weighted by Gasteiger charge is 2.16. The van der Waals surface area contributed by atoms with Gasteiger partial charge in [-0.25, -0.2) is 4.68 Å². The molecule has 19 heavy (non-hydrogen) atoms. The molecule has 2 aromatic rings. The zero-order valence-electron chi connectivity index (χ0n) is 10.2. The number of hydrogen-bond donors (Lipinski definition) is 1. The normalized spacial score (nSPS) is 10.7. The van der Waals surface area contributed by atoms with E-state index in [0.29, 0.717) is 24.2 Å². The average Bonchev–Trinajstić information content (AvgIpc) is 2.80. The van der Waals surface area contributed by atoms with Gasteiger partial charge in [0.05, 0.1) is 22.5 Å². The van der Waals surface area contributed by atoms with E-state index >= 15 is 0 Å². The minimum Gasteiger partial charge on any atom is -0.330 e. The minimum absolute atomic E-state index is 0.0708. The van der Waals surface area contributed by atoms with Gasteiger partial charge in [0.15, 0.2) is 0 Å². The first kappa shape index (κ1) is 13.4. The Hall–Kier alpha value is -1.99. The predicted molar refractivity (Wildman–Crippen MR) is 70.5 cm³/mol. The van der Waals surface area contributed by atoms with Gasteiger partial charge in [-0.2, -0.15) is 0 Å². The quantitative estimate of drug-likeness (QED) is 0.678. The molecule has 8 heteroatoms. The van der Waals surface area contributed by atoms with Crippen LogP contribution < -0.4 is 5.73 Å². The number of hydrogen-bond acceptors (Lipinski definition) is 5. The van der Waals surface area contributed by atoms with Crippen molar-refractivity contribution in [1.82, 2.24) is 15.0 Å². The molecule has 0 saturated heterocycles. The second-order valence-corrected chi connectivity index (χ2v) is 4.45. The molecule has 0 aliphatic carbocycles. The first-order valence-corrected chi connectivity index (χ1v) is 5.97. The fourth-order valence-electron chi connectivity index (χ4n) is 1.72. The summed E-state index contributed by atoms with van der Waals surface area (Å²) in [6, 6.07) is 2.93. The molecule has 0 aliphatic heterocycles. The highest BCUT2D eigenvalue weighted by atomic mass is 35.5. The number of nitro benzene ring substituents is 1. The van der Waals surface area contributed by atoms with Crippen LogP contribution in [0.3, 0.4) is 0 Å². The number of nitrogens with two attached hydrogens (primary N) is 1. The van der Waals surface area contributed by atoms with Crippen LogP contribution in [0, 0.1) is 17.0 Å². The van der Waals surface area contributed by atoms with Crippen LogP contribution in [0.15, 0.2) is 18.3 Å². The Bertz CT molecular complexity index is 626. The van der Waals surface area contributed by atoms with E-state index in [2.05, 4.69) is 10.3 Å². The molecule has 1 aromatic heterocycles. The van der Waals surface area contributed by atoms with Crippen LogP contribution in [-0.4, -0.2) is 26.5 Å². The van der Waals surface area contributed by atoms with Crippen molar-refractivity contribution in [3.63, 3.8) is 0 Å². The third kappa shape index (κ3) is 2.72. The Kier molecular flexibility index (Phi) is 3.77. The number of halogens is 1. The van der Waals surface area contributed by atoms with Gasteiger partial charge in [0.2, 0.25) is 0 Å². The molecule has 0 unspecified atom stereocenters. The maximum absolute atomic E-state index is 10.8. The van der Waals surface area contributed by atoms with Crippen molar-refractivity contribution >= 4 is 17.3 Å². The summed E-state index contributed by atoms with van der Waals surface area (Å²) in [5.41, 5.74) is 7.44. The summed E-state index contributed by atoms with van der Waals surface area (Å²) >= 11 is 5.89. The molecule has 2 N–H and O–H groups in total. The van der Waals surface area contributed by atoms with E-state index in [1.54, 1.807) is 13.1 Å². The van der Waals surface area contributed by atoms with Crippen molar-refractivity contribution in [3.8, 4) is 5.69 Å². The molecule has 2 rings (SSSR count). The topological polar surface area (TPSA) is 99.9 Å². The van der Waals surface area contributed by atoms with E-state index < -0.39 is 4.92 Å². The number of aromatic nitrogens is 3. The molecule has 0 radical (unpaired) electrons. The summed E-state index contributed by atoms with van der Waals surface area (Å²) in [5, 5.41) is 18.8. The van der Waals surface area contributed by atoms with E-state index in [0.717, 1.165) is 5.69 Å². The molecule has 0 spiro atoms. The largest absolute Gasteiger partial charge is 0.330 e. The molecule has 0 aliphatic rings. The van der Waals surface area contributed by atoms with E-state index in [1.807, 2.05) is 0 Å². The average molecular weight is 282 g/mol. The van der Waals surface area contributed by atoms with Gasteiger partial charge in [-0.1, -0.05) is 16.8 Å². The Morgan fingerprint density at radius 3 is 2.89 bits per heavy atom. The van der Waals surface area contributed by atoms with Gasteiger partial charge < -0.3 is 5.73 Å². The second-order valence-electron chi connectivity index (χ2n) is 4.04. The number of benzene rings is 1. The lowest BCUT2D eigenvalue weighted by Gasteiger charge is -2.05. The summed E-state index contributed by atoms with van der Waals surface area (Å²) in [6.07, 6.45) is 2.36. The Morgan fingerprint density at radius 1 is 1.53 bits per heavy atom. The summed E-state index contributed by atoms with van der Waals surface area (Å²) < 4.78 is 1.54. The second kappa shape index (κ2) is 5.33. The first-order chi connectivity index (χ1) is 9.02. The summed E-state index contributed by atoms with van der Waals surface area (Å²) in [4.78, 5) is 10.3. The van der Waals surface area contributed by atoms with E-state index in [9.17, 15) is 10.1 Å². The molecular formula is C11H12ClN5O2. The molecule has 0 atom stereocenters. The smallest absolute Gasteiger partial charge is 0.288 e. The molecule has 0 fully saturated rings. The van der Waals surface area contributed by atoms with Crippen molar-refractivity contribution in [1.29, 1.82) is 0 Å².